The Hall–Kier alpha value is -1.22. The van der Waals surface area contributed by atoms with Crippen molar-refractivity contribution < 1.29 is 14.6 Å². The Labute approximate surface area is 173 Å². The first kappa shape index (κ1) is 22.8. The zero-order valence-electron chi connectivity index (χ0n) is 15.9. The molecule has 0 radical (unpaired) electrons. The Morgan fingerprint density at radius 3 is 2.38 bits per heavy atom. The number of aliphatic imine (C=N–C) groups is 1. The molecule has 1 unspecified atom stereocenters. The van der Waals surface area contributed by atoms with Crippen LogP contribution >= 0.6 is 24.0 Å². The third-order valence-corrected chi connectivity index (χ3v) is 4.28. The lowest BCUT2D eigenvalue weighted by Crippen LogP contribution is -2.45. The van der Waals surface area contributed by atoms with Gasteiger partial charge in [-0.3, -0.25) is 0 Å². The summed E-state index contributed by atoms with van der Waals surface area (Å²) in [5.74, 6) is 2.44. The fourth-order valence-corrected chi connectivity index (χ4v) is 2.88. The van der Waals surface area contributed by atoms with E-state index >= 15 is 0 Å². The van der Waals surface area contributed by atoms with Gasteiger partial charge in [-0.1, -0.05) is 0 Å². The predicted octanol–water partition coefficient (Wildman–Crippen LogP) is 2.94. The van der Waals surface area contributed by atoms with Gasteiger partial charge in [0.05, 0.1) is 19.8 Å². The molecule has 0 saturated heterocycles. The number of aliphatic hydroxyl groups is 1. The molecule has 1 aliphatic rings. The van der Waals surface area contributed by atoms with Gasteiger partial charge in [0.15, 0.2) is 5.96 Å². The summed E-state index contributed by atoms with van der Waals surface area (Å²) in [5, 5.41) is 16.4. The average Bonchev–Trinajstić information content (AvgIpc) is 2.62. The number of hydrogen-bond acceptors (Lipinski definition) is 4. The minimum absolute atomic E-state index is 0. The lowest BCUT2D eigenvalue weighted by molar-refractivity contribution is 0.120. The van der Waals surface area contributed by atoms with E-state index in [0.717, 1.165) is 49.7 Å². The van der Waals surface area contributed by atoms with Crippen molar-refractivity contribution in [1.82, 2.24) is 10.6 Å². The van der Waals surface area contributed by atoms with Gasteiger partial charge < -0.3 is 25.2 Å². The Morgan fingerprint density at radius 2 is 1.81 bits per heavy atom. The third kappa shape index (κ3) is 7.99. The molecule has 7 heteroatoms. The molecule has 0 amide bonds. The van der Waals surface area contributed by atoms with Crippen molar-refractivity contribution in [3.05, 3.63) is 24.3 Å². The van der Waals surface area contributed by atoms with Gasteiger partial charge in [-0.05, 0) is 63.8 Å². The third-order valence-electron chi connectivity index (χ3n) is 4.28. The van der Waals surface area contributed by atoms with Crippen LogP contribution < -0.4 is 20.1 Å². The summed E-state index contributed by atoms with van der Waals surface area (Å²) >= 11 is 0. The molecule has 0 spiro atoms. The number of nitrogens with one attached hydrogen (secondary N) is 2. The quantitative estimate of drug-likeness (QED) is 0.320. The van der Waals surface area contributed by atoms with Gasteiger partial charge in [0.1, 0.15) is 17.6 Å². The highest BCUT2D eigenvalue weighted by atomic mass is 127. The summed E-state index contributed by atoms with van der Waals surface area (Å²) in [4.78, 5) is 4.64. The molecule has 1 saturated carbocycles. The first-order valence-electron chi connectivity index (χ1n) is 9.14. The summed E-state index contributed by atoms with van der Waals surface area (Å²) in [6, 6.07) is 7.94. The standard InChI is InChI=1S/C19H31N3O3.HI/c1-4-20-19(22-15-5-7-16(23)8-6-15)21-13-14(2)25-18-11-9-17(24-3)10-12-18;/h9-12,14-16,23H,4-8,13H2,1-3H3,(H2,20,21,22);1H. The van der Waals surface area contributed by atoms with Crippen LogP contribution in [0.25, 0.3) is 0 Å². The summed E-state index contributed by atoms with van der Waals surface area (Å²) in [5.41, 5.74) is 0. The molecule has 0 aromatic heterocycles. The van der Waals surface area contributed by atoms with Gasteiger partial charge in [0, 0.05) is 12.6 Å². The topological polar surface area (TPSA) is 75.1 Å². The second-order valence-corrected chi connectivity index (χ2v) is 6.47. The van der Waals surface area contributed by atoms with Crippen LogP contribution in [0.3, 0.4) is 0 Å². The van der Waals surface area contributed by atoms with Gasteiger partial charge >= 0.3 is 0 Å². The van der Waals surface area contributed by atoms with E-state index in [-0.39, 0.29) is 36.2 Å². The van der Waals surface area contributed by atoms with Crippen LogP contribution in [-0.2, 0) is 0 Å². The molecule has 6 nitrogen and oxygen atoms in total. The maximum atomic E-state index is 9.62. The van der Waals surface area contributed by atoms with E-state index in [1.807, 2.05) is 31.2 Å². The lowest BCUT2D eigenvalue weighted by Gasteiger charge is -2.27. The van der Waals surface area contributed by atoms with Gasteiger partial charge in [0.25, 0.3) is 0 Å². The molecule has 1 aromatic carbocycles. The molecule has 1 fully saturated rings. The predicted molar refractivity (Wildman–Crippen MR) is 116 cm³/mol. The zero-order chi connectivity index (χ0) is 18.1. The Balaban J connectivity index is 0.00000338. The molecule has 0 aliphatic heterocycles. The number of benzene rings is 1. The normalized spacial score (nSPS) is 21.3. The Bertz CT molecular complexity index is 531. The summed E-state index contributed by atoms with van der Waals surface area (Å²) in [6.45, 7) is 5.44. The smallest absolute Gasteiger partial charge is 0.191 e. The number of hydrogen-bond donors (Lipinski definition) is 3. The molecule has 148 valence electrons. The number of rotatable bonds is 7. The van der Waals surface area contributed by atoms with Crippen molar-refractivity contribution in [3.8, 4) is 11.5 Å². The summed E-state index contributed by atoms with van der Waals surface area (Å²) < 4.78 is 11.0. The molecule has 3 N–H and O–H groups in total. The fourth-order valence-electron chi connectivity index (χ4n) is 2.88. The highest BCUT2D eigenvalue weighted by molar-refractivity contribution is 14.0. The summed E-state index contributed by atoms with van der Waals surface area (Å²) in [7, 11) is 1.65. The highest BCUT2D eigenvalue weighted by Gasteiger charge is 2.20. The van der Waals surface area contributed by atoms with Crippen molar-refractivity contribution in [3.63, 3.8) is 0 Å². The van der Waals surface area contributed by atoms with Crippen molar-refractivity contribution in [1.29, 1.82) is 0 Å². The van der Waals surface area contributed by atoms with Crippen LogP contribution in [-0.4, -0.2) is 49.5 Å². The van der Waals surface area contributed by atoms with E-state index in [1.165, 1.54) is 0 Å². The first-order chi connectivity index (χ1) is 12.1. The summed E-state index contributed by atoms with van der Waals surface area (Å²) in [6.07, 6.45) is 3.49. The van der Waals surface area contributed by atoms with Gasteiger partial charge in [-0.15, -0.1) is 24.0 Å². The van der Waals surface area contributed by atoms with Crippen LogP contribution in [0.2, 0.25) is 0 Å². The molecule has 1 aromatic rings. The molecular weight excluding hydrogens is 445 g/mol. The minimum Gasteiger partial charge on any atom is -0.497 e. The molecule has 1 atom stereocenters. The van der Waals surface area contributed by atoms with Crippen molar-refractivity contribution >= 4 is 29.9 Å². The van der Waals surface area contributed by atoms with Crippen LogP contribution in [0, 0.1) is 0 Å². The van der Waals surface area contributed by atoms with Crippen LogP contribution in [0.1, 0.15) is 39.5 Å². The van der Waals surface area contributed by atoms with Gasteiger partial charge in [-0.25, -0.2) is 4.99 Å². The van der Waals surface area contributed by atoms with E-state index in [2.05, 4.69) is 22.5 Å². The van der Waals surface area contributed by atoms with Crippen LogP contribution in [0.4, 0.5) is 0 Å². The van der Waals surface area contributed by atoms with Crippen molar-refractivity contribution in [2.24, 2.45) is 4.99 Å². The Kier molecular flexibility index (Phi) is 10.7. The number of methoxy groups -OCH3 is 1. The minimum atomic E-state index is -0.143. The van der Waals surface area contributed by atoms with E-state index in [1.54, 1.807) is 7.11 Å². The second kappa shape index (κ2) is 12.2. The number of aliphatic hydroxyl groups excluding tert-OH is 1. The lowest BCUT2D eigenvalue weighted by atomic mass is 9.93. The largest absolute Gasteiger partial charge is 0.497 e. The molecule has 1 aliphatic carbocycles. The van der Waals surface area contributed by atoms with E-state index in [4.69, 9.17) is 9.47 Å². The zero-order valence-corrected chi connectivity index (χ0v) is 18.2. The van der Waals surface area contributed by atoms with Gasteiger partial charge in [-0.2, -0.15) is 0 Å². The van der Waals surface area contributed by atoms with E-state index in [9.17, 15) is 5.11 Å². The van der Waals surface area contributed by atoms with E-state index in [0.29, 0.717) is 12.6 Å². The van der Waals surface area contributed by atoms with Crippen LogP contribution in [0.15, 0.2) is 29.3 Å². The fraction of sp³-hybridized carbons (Fsp3) is 0.632. The Morgan fingerprint density at radius 1 is 1.19 bits per heavy atom. The average molecular weight is 477 g/mol. The van der Waals surface area contributed by atoms with Crippen LogP contribution in [0.5, 0.6) is 11.5 Å². The monoisotopic (exact) mass is 477 g/mol. The van der Waals surface area contributed by atoms with Crippen molar-refractivity contribution in [2.45, 2.75) is 57.8 Å². The number of nitrogens with zero attached hydrogens (tertiary/aromatic N) is 1. The molecule has 0 heterocycles. The van der Waals surface area contributed by atoms with Gasteiger partial charge in [0.2, 0.25) is 0 Å². The van der Waals surface area contributed by atoms with E-state index < -0.39 is 0 Å². The maximum Gasteiger partial charge on any atom is 0.191 e. The number of guanidine groups is 1. The number of halogens is 1. The highest BCUT2D eigenvalue weighted by Crippen LogP contribution is 2.19. The van der Waals surface area contributed by atoms with Crippen molar-refractivity contribution in [2.75, 3.05) is 20.2 Å². The SMILES string of the molecule is CCNC(=NCC(C)Oc1ccc(OC)cc1)NC1CCC(O)CC1.I. The first-order valence-corrected chi connectivity index (χ1v) is 9.14. The molecule has 0 bridgehead atoms. The molecule has 26 heavy (non-hydrogen) atoms. The number of ether oxygens (including phenoxy) is 2. The second-order valence-electron chi connectivity index (χ2n) is 6.47. The maximum absolute atomic E-state index is 9.62. The molecular formula is C19H32IN3O3. The molecule has 2 rings (SSSR count).